The summed E-state index contributed by atoms with van der Waals surface area (Å²) in [6.07, 6.45) is 11.8. The first-order valence-electron chi connectivity index (χ1n) is 22.6. The van der Waals surface area contributed by atoms with E-state index in [1.807, 2.05) is 0 Å². The van der Waals surface area contributed by atoms with Gasteiger partial charge in [-0.15, -0.1) is 0 Å². The predicted octanol–water partition coefficient (Wildman–Crippen LogP) is 15.2. The Kier molecular flexibility index (Phi) is 7.58. The van der Waals surface area contributed by atoms with Crippen molar-refractivity contribution in [2.24, 2.45) is 23.7 Å². The highest BCUT2D eigenvalue weighted by atomic mass is 15.2. The number of rotatable bonds is 4. The smallest absolute Gasteiger partial charge is 0.0502 e. The van der Waals surface area contributed by atoms with Crippen LogP contribution in [0.3, 0.4) is 0 Å². The Hall–Kier alpha value is -4.10. The Balaban J connectivity index is 1.22. The largest absolute Gasteiger partial charge is 0.310 e. The number of anilines is 3. The maximum absolute atomic E-state index is 2.79. The zero-order chi connectivity index (χ0) is 39.3. The van der Waals surface area contributed by atoms with Gasteiger partial charge in [-0.05, 0) is 183 Å². The van der Waals surface area contributed by atoms with Crippen molar-refractivity contribution in [1.29, 1.82) is 0 Å². The van der Waals surface area contributed by atoms with Gasteiger partial charge in [0, 0.05) is 11.1 Å². The molecule has 0 saturated heterocycles. The lowest BCUT2D eigenvalue weighted by molar-refractivity contribution is -0.0399. The van der Waals surface area contributed by atoms with Gasteiger partial charge in [-0.3, -0.25) is 0 Å². The van der Waals surface area contributed by atoms with Gasteiger partial charge in [0.1, 0.15) is 0 Å². The van der Waals surface area contributed by atoms with E-state index >= 15 is 0 Å². The topological polar surface area (TPSA) is 3.24 Å². The van der Waals surface area contributed by atoms with Crippen LogP contribution in [0, 0.1) is 23.7 Å². The fraction of sp³-hybridized carbons (Fsp3) is 0.464. The Morgan fingerprint density at radius 1 is 0.439 bits per heavy atom. The van der Waals surface area contributed by atoms with Crippen molar-refractivity contribution in [1.82, 2.24) is 0 Å². The second-order valence-corrected chi connectivity index (χ2v) is 22.3. The summed E-state index contributed by atoms with van der Waals surface area (Å²) in [5.74, 6) is 3.23. The number of fused-ring (bicyclic) bond motifs is 5. The maximum atomic E-state index is 2.79. The normalized spacial score (nSPS) is 28.7. The Morgan fingerprint density at radius 3 is 1.51 bits per heavy atom. The lowest BCUT2D eigenvalue weighted by Crippen LogP contribution is -2.55. The fourth-order valence-electron chi connectivity index (χ4n) is 14.4. The molecule has 7 aliphatic carbocycles. The zero-order valence-corrected chi connectivity index (χ0v) is 35.9. The molecule has 5 aromatic carbocycles. The van der Waals surface area contributed by atoms with Gasteiger partial charge in [0.15, 0.2) is 0 Å². The highest BCUT2D eigenvalue weighted by Gasteiger charge is 2.62. The van der Waals surface area contributed by atoms with Crippen LogP contribution in [0.15, 0.2) is 103 Å². The first kappa shape index (κ1) is 36.0. The molecule has 4 fully saturated rings. The molecule has 0 aromatic heterocycles. The molecule has 0 aliphatic heterocycles. The summed E-state index contributed by atoms with van der Waals surface area (Å²) in [4.78, 5) is 2.79. The Morgan fingerprint density at radius 2 is 0.947 bits per heavy atom. The number of benzene rings is 5. The van der Waals surface area contributed by atoms with Crippen molar-refractivity contribution in [3.8, 4) is 22.3 Å². The minimum absolute atomic E-state index is 0.0590. The number of hydrogen-bond acceptors (Lipinski definition) is 1. The molecule has 0 amide bonds. The molecule has 292 valence electrons. The molecule has 0 heterocycles. The third-order valence-corrected chi connectivity index (χ3v) is 17.1. The lowest BCUT2D eigenvalue weighted by atomic mass is 9.43. The molecule has 12 rings (SSSR count). The first-order valence-corrected chi connectivity index (χ1v) is 22.6. The lowest BCUT2D eigenvalue weighted by Gasteiger charge is -2.61. The SMILES string of the molecule is CC1(C)CCC(C)(C)c2c(N(c3ccc4c(c3)C3(c5cccc(-c6ccccc6)c5-4)C4CC5CC(C4)CC3C5)c3cccc4c3C(C)(C)CCC4(C)C)cccc21. The summed E-state index contributed by atoms with van der Waals surface area (Å²) in [6.45, 7) is 20.0. The Bertz CT molecular complexity index is 2330. The van der Waals surface area contributed by atoms with E-state index in [0.29, 0.717) is 11.8 Å². The summed E-state index contributed by atoms with van der Waals surface area (Å²) in [5.41, 5.74) is 19.7. The summed E-state index contributed by atoms with van der Waals surface area (Å²) in [5, 5.41) is 0. The molecule has 0 unspecified atom stereocenters. The van der Waals surface area contributed by atoms with Crippen molar-refractivity contribution in [3.05, 3.63) is 137 Å². The molecule has 57 heavy (non-hydrogen) atoms. The van der Waals surface area contributed by atoms with Crippen molar-refractivity contribution < 1.29 is 0 Å². The minimum Gasteiger partial charge on any atom is -0.310 e. The standard InChI is InChI=1S/C56H63N/c1-52(2)25-27-54(5,6)50-44(52)19-13-21-47(50)57(48-22-14-20-45-51(48)55(7,8)28-26-53(45,3)4)40-23-24-42-46(34-40)56(38-30-35-29-36(32-38)33-39(56)31-35)43-18-12-17-41(49(42)43)37-15-10-9-11-16-37/h9-24,34-36,38-39H,25-33H2,1-8H3. The molecule has 5 aromatic rings. The van der Waals surface area contributed by atoms with Crippen LogP contribution < -0.4 is 4.90 Å². The molecule has 0 atom stereocenters. The highest BCUT2D eigenvalue weighted by Crippen LogP contribution is 2.70. The molecular weight excluding hydrogens is 687 g/mol. The summed E-state index contributed by atoms with van der Waals surface area (Å²) >= 11 is 0. The van der Waals surface area contributed by atoms with E-state index in [9.17, 15) is 0 Å². The van der Waals surface area contributed by atoms with E-state index in [2.05, 4.69) is 163 Å². The van der Waals surface area contributed by atoms with Crippen LogP contribution in [0.1, 0.15) is 147 Å². The molecule has 7 aliphatic rings. The molecule has 0 radical (unpaired) electrons. The van der Waals surface area contributed by atoms with E-state index in [-0.39, 0.29) is 27.1 Å². The summed E-state index contributed by atoms with van der Waals surface area (Å²) < 4.78 is 0. The van der Waals surface area contributed by atoms with Crippen LogP contribution in [-0.4, -0.2) is 0 Å². The second-order valence-electron chi connectivity index (χ2n) is 22.3. The Labute approximate surface area is 343 Å². The molecule has 1 heteroatoms. The van der Waals surface area contributed by atoms with Crippen LogP contribution in [0.2, 0.25) is 0 Å². The van der Waals surface area contributed by atoms with Gasteiger partial charge in [-0.1, -0.05) is 134 Å². The van der Waals surface area contributed by atoms with E-state index in [0.717, 1.165) is 11.8 Å². The van der Waals surface area contributed by atoms with Gasteiger partial charge in [0.2, 0.25) is 0 Å². The third-order valence-electron chi connectivity index (χ3n) is 17.1. The number of nitrogens with zero attached hydrogens (tertiary/aromatic N) is 1. The number of hydrogen-bond donors (Lipinski definition) is 0. The van der Waals surface area contributed by atoms with E-state index in [4.69, 9.17) is 0 Å². The minimum atomic E-state index is 0.0590. The predicted molar refractivity (Wildman–Crippen MR) is 240 cm³/mol. The molecule has 1 nitrogen and oxygen atoms in total. The highest BCUT2D eigenvalue weighted by molar-refractivity contribution is 5.95. The van der Waals surface area contributed by atoms with Gasteiger partial charge in [0.05, 0.1) is 11.4 Å². The van der Waals surface area contributed by atoms with Gasteiger partial charge < -0.3 is 4.90 Å². The fourth-order valence-corrected chi connectivity index (χ4v) is 14.4. The van der Waals surface area contributed by atoms with Crippen molar-refractivity contribution in [2.45, 2.75) is 140 Å². The van der Waals surface area contributed by atoms with E-state index in [1.54, 1.807) is 22.3 Å². The van der Waals surface area contributed by atoms with Gasteiger partial charge in [-0.2, -0.15) is 0 Å². The van der Waals surface area contributed by atoms with Gasteiger partial charge in [-0.25, -0.2) is 0 Å². The van der Waals surface area contributed by atoms with Crippen molar-refractivity contribution in [2.75, 3.05) is 4.90 Å². The van der Waals surface area contributed by atoms with Crippen LogP contribution in [0.5, 0.6) is 0 Å². The molecular formula is C56H63N. The average Bonchev–Trinajstić information content (AvgIpc) is 3.48. The van der Waals surface area contributed by atoms with Gasteiger partial charge >= 0.3 is 0 Å². The van der Waals surface area contributed by atoms with Crippen molar-refractivity contribution >= 4 is 17.1 Å². The van der Waals surface area contributed by atoms with E-state index in [1.165, 1.54) is 108 Å². The average molecular weight is 750 g/mol. The van der Waals surface area contributed by atoms with Crippen LogP contribution >= 0.6 is 0 Å². The summed E-state index contributed by atoms with van der Waals surface area (Å²) in [7, 11) is 0. The van der Waals surface area contributed by atoms with Gasteiger partial charge in [0.25, 0.3) is 0 Å². The van der Waals surface area contributed by atoms with E-state index < -0.39 is 0 Å². The molecule has 0 N–H and O–H groups in total. The molecule has 4 saturated carbocycles. The van der Waals surface area contributed by atoms with Crippen molar-refractivity contribution in [3.63, 3.8) is 0 Å². The quantitative estimate of drug-likeness (QED) is 0.177. The van der Waals surface area contributed by atoms with Crippen LogP contribution in [0.4, 0.5) is 17.1 Å². The maximum Gasteiger partial charge on any atom is 0.0502 e. The van der Waals surface area contributed by atoms with Crippen LogP contribution in [-0.2, 0) is 27.1 Å². The van der Waals surface area contributed by atoms with Crippen LogP contribution in [0.25, 0.3) is 22.3 Å². The first-order chi connectivity index (χ1) is 27.2. The monoisotopic (exact) mass is 749 g/mol. The summed E-state index contributed by atoms with van der Waals surface area (Å²) in [6, 6.07) is 41.1. The molecule has 4 bridgehead atoms. The third kappa shape index (κ3) is 4.99. The zero-order valence-electron chi connectivity index (χ0n) is 35.9. The molecule has 1 spiro atoms. The second kappa shape index (κ2) is 12.0.